The van der Waals surface area contributed by atoms with Crippen molar-refractivity contribution >= 4 is 22.3 Å². The minimum atomic E-state index is -1.24. The van der Waals surface area contributed by atoms with Crippen LogP contribution in [0.25, 0.3) is 22.3 Å². The highest BCUT2D eigenvalue weighted by Gasteiger charge is 2.29. The molecule has 28 heavy (non-hydrogen) atoms. The van der Waals surface area contributed by atoms with Gasteiger partial charge in [0.15, 0.2) is 0 Å². The maximum Gasteiger partial charge on any atom is 0.261 e. The lowest BCUT2D eigenvalue weighted by atomic mass is 10.0. The molecule has 0 amide bonds. The van der Waals surface area contributed by atoms with E-state index in [1.807, 2.05) is 58.9 Å². The van der Waals surface area contributed by atoms with Gasteiger partial charge >= 0.3 is 0 Å². The number of rotatable bonds is 4. The quantitative estimate of drug-likeness (QED) is 0.681. The monoisotopic (exact) mass is 398 g/mol. The summed E-state index contributed by atoms with van der Waals surface area (Å²) in [7, 11) is 1.72. The van der Waals surface area contributed by atoms with Gasteiger partial charge in [-0.15, -0.1) is 4.72 Å². The molecule has 0 unspecified atom stereocenters. The molecule has 1 N–H and O–H groups in total. The highest BCUT2D eigenvalue weighted by molar-refractivity contribution is 7.90. The maximum atomic E-state index is 13.1. The summed E-state index contributed by atoms with van der Waals surface area (Å²) in [6.07, 6.45) is 3.38. The van der Waals surface area contributed by atoms with Crippen molar-refractivity contribution in [1.82, 2.24) is 19.3 Å². The van der Waals surface area contributed by atoms with Crippen molar-refractivity contribution in [3.63, 3.8) is 0 Å². The van der Waals surface area contributed by atoms with Gasteiger partial charge < -0.3 is 4.55 Å². The Kier molecular flexibility index (Phi) is 5.61. The normalized spacial score (nSPS) is 14.2. The summed E-state index contributed by atoms with van der Waals surface area (Å²) >= 11 is -1.24. The van der Waals surface area contributed by atoms with Crippen molar-refractivity contribution in [2.45, 2.75) is 45.4 Å². The average Bonchev–Trinajstić information content (AvgIpc) is 2.64. The van der Waals surface area contributed by atoms with Crippen LogP contribution in [0.1, 0.15) is 44.9 Å². The molecular formula is C21H26N4O2S. The molecule has 2 atom stereocenters. The number of aromatic nitrogens is 3. The predicted octanol–water partition coefficient (Wildman–Crippen LogP) is 3.42. The fourth-order valence-electron chi connectivity index (χ4n) is 3.04. The van der Waals surface area contributed by atoms with Crippen molar-refractivity contribution in [3.05, 3.63) is 58.1 Å². The number of fused-ring (bicyclic) bond motifs is 1. The van der Waals surface area contributed by atoms with Gasteiger partial charge in [-0.2, -0.15) is 0 Å². The van der Waals surface area contributed by atoms with Crippen LogP contribution in [0.2, 0.25) is 0 Å². The minimum absolute atomic E-state index is 0.113. The van der Waals surface area contributed by atoms with Gasteiger partial charge in [0.05, 0.1) is 16.9 Å². The fourth-order valence-corrected chi connectivity index (χ4v) is 3.84. The number of nitrogens with zero attached hydrogens (tertiary/aromatic N) is 3. The molecule has 0 spiro atoms. The smallest absolute Gasteiger partial charge is 0.261 e. The first-order chi connectivity index (χ1) is 13.1. The van der Waals surface area contributed by atoms with Crippen LogP contribution < -0.4 is 10.3 Å². The second-order valence-corrected chi connectivity index (χ2v) is 10.0. The van der Waals surface area contributed by atoms with Crippen LogP contribution in [0.15, 0.2) is 41.5 Å². The molecule has 0 saturated carbocycles. The van der Waals surface area contributed by atoms with E-state index in [4.69, 9.17) is 4.98 Å². The molecule has 6 nitrogen and oxygen atoms in total. The standard InChI is InChI=1S/C21H26N4O2S/c1-13-10-16(14(2)24-28(27)21(3,4)5)18-17(11-13)20(26)25(6)19(23-18)15-8-7-9-22-12-15/h7-12,14,24H,1-6H3/t14-,28-/m1/s1. The Bertz CT molecular complexity index is 1060. The lowest BCUT2D eigenvalue weighted by molar-refractivity contribution is 0.531. The Morgan fingerprint density at radius 3 is 2.61 bits per heavy atom. The highest BCUT2D eigenvalue weighted by atomic mass is 32.2. The van der Waals surface area contributed by atoms with Gasteiger partial charge in [0.25, 0.3) is 5.56 Å². The Morgan fingerprint density at radius 2 is 2.00 bits per heavy atom. The van der Waals surface area contributed by atoms with E-state index in [2.05, 4.69) is 9.71 Å². The van der Waals surface area contributed by atoms with E-state index in [1.54, 1.807) is 24.0 Å². The van der Waals surface area contributed by atoms with Crippen LogP contribution in [0.4, 0.5) is 0 Å². The second kappa shape index (κ2) is 7.66. The van der Waals surface area contributed by atoms with Crippen LogP contribution >= 0.6 is 0 Å². The Hall–Kier alpha value is -2.22. The summed E-state index contributed by atoms with van der Waals surface area (Å²) in [5.74, 6) is 0.555. The zero-order valence-electron chi connectivity index (χ0n) is 17.1. The second-order valence-electron chi connectivity index (χ2n) is 8.01. The third kappa shape index (κ3) is 3.97. The van der Waals surface area contributed by atoms with Gasteiger partial charge in [0, 0.05) is 41.9 Å². The van der Waals surface area contributed by atoms with Gasteiger partial charge in [0.2, 0.25) is 0 Å². The summed E-state index contributed by atoms with van der Waals surface area (Å²) in [5.41, 5.74) is 3.10. The van der Waals surface area contributed by atoms with Crippen LogP contribution in [0, 0.1) is 6.92 Å². The van der Waals surface area contributed by atoms with Crippen LogP contribution in [-0.2, 0) is 18.4 Å². The summed E-state index contributed by atoms with van der Waals surface area (Å²) in [4.78, 5) is 22.0. The summed E-state index contributed by atoms with van der Waals surface area (Å²) in [6.45, 7) is 9.66. The summed E-state index contributed by atoms with van der Waals surface area (Å²) < 4.78 is 16.9. The molecule has 0 aliphatic carbocycles. The van der Waals surface area contributed by atoms with Crippen molar-refractivity contribution in [2.75, 3.05) is 0 Å². The van der Waals surface area contributed by atoms with E-state index >= 15 is 0 Å². The summed E-state index contributed by atoms with van der Waals surface area (Å²) in [5, 5.41) is 0.556. The molecule has 1 aromatic carbocycles. The molecule has 0 saturated heterocycles. The number of hydrogen-bond donors (Lipinski definition) is 1. The first-order valence-electron chi connectivity index (χ1n) is 9.19. The van der Waals surface area contributed by atoms with Gasteiger partial charge in [-0.3, -0.25) is 14.3 Å². The zero-order valence-corrected chi connectivity index (χ0v) is 17.9. The molecule has 2 aromatic heterocycles. The molecule has 0 aliphatic heterocycles. The molecule has 3 aromatic rings. The molecular weight excluding hydrogens is 372 g/mol. The first kappa shape index (κ1) is 20.5. The number of hydrogen-bond acceptors (Lipinski definition) is 5. The highest BCUT2D eigenvalue weighted by Crippen LogP contribution is 2.27. The molecule has 7 heteroatoms. The molecule has 3 rings (SSSR count). The van der Waals surface area contributed by atoms with E-state index in [9.17, 15) is 9.35 Å². The lowest BCUT2D eigenvalue weighted by Gasteiger charge is -2.27. The summed E-state index contributed by atoms with van der Waals surface area (Å²) in [6, 6.07) is 7.32. The lowest BCUT2D eigenvalue weighted by Crippen LogP contribution is -2.40. The van der Waals surface area contributed by atoms with Crippen molar-refractivity contribution in [3.8, 4) is 11.4 Å². The SMILES string of the molecule is Cc1cc([C@@H](C)N[S@+]([O-])C(C)(C)C)c2nc(-c3cccnc3)n(C)c(=O)c2c1. The molecule has 0 bridgehead atoms. The topological polar surface area (TPSA) is 82.9 Å². The van der Waals surface area contributed by atoms with E-state index in [0.717, 1.165) is 16.7 Å². The number of aryl methyl sites for hydroxylation is 1. The average molecular weight is 399 g/mol. The van der Waals surface area contributed by atoms with Crippen molar-refractivity contribution in [2.24, 2.45) is 7.05 Å². The molecule has 0 radical (unpaired) electrons. The minimum Gasteiger partial charge on any atom is -0.598 e. The largest absolute Gasteiger partial charge is 0.598 e. The van der Waals surface area contributed by atoms with E-state index in [1.165, 1.54) is 0 Å². The van der Waals surface area contributed by atoms with E-state index < -0.39 is 16.1 Å². The van der Waals surface area contributed by atoms with Crippen molar-refractivity contribution in [1.29, 1.82) is 0 Å². The van der Waals surface area contributed by atoms with Crippen LogP contribution in [-0.4, -0.2) is 23.8 Å². The Morgan fingerprint density at radius 1 is 1.29 bits per heavy atom. The Labute approximate surface area is 168 Å². The van der Waals surface area contributed by atoms with E-state index in [0.29, 0.717) is 16.7 Å². The Balaban J connectivity index is 2.21. The third-order valence-electron chi connectivity index (χ3n) is 4.58. The molecule has 0 aliphatic rings. The van der Waals surface area contributed by atoms with Gasteiger partial charge in [-0.1, -0.05) is 6.07 Å². The number of nitrogens with one attached hydrogen (secondary N) is 1. The molecule has 148 valence electrons. The van der Waals surface area contributed by atoms with Gasteiger partial charge in [-0.05, 0) is 58.4 Å². The van der Waals surface area contributed by atoms with Crippen LogP contribution in [0.5, 0.6) is 0 Å². The fraction of sp³-hybridized carbons (Fsp3) is 0.381. The zero-order chi connectivity index (χ0) is 20.6. The molecule has 2 heterocycles. The van der Waals surface area contributed by atoms with Gasteiger partial charge in [-0.25, -0.2) is 4.98 Å². The number of pyridine rings is 1. The number of benzene rings is 1. The first-order valence-corrected chi connectivity index (χ1v) is 10.3. The van der Waals surface area contributed by atoms with Gasteiger partial charge in [0.1, 0.15) is 10.6 Å². The molecule has 0 fully saturated rings. The predicted molar refractivity (Wildman–Crippen MR) is 114 cm³/mol. The van der Waals surface area contributed by atoms with Crippen LogP contribution in [0.3, 0.4) is 0 Å². The van der Waals surface area contributed by atoms with E-state index in [-0.39, 0.29) is 11.6 Å². The van der Waals surface area contributed by atoms with Crippen molar-refractivity contribution < 1.29 is 4.55 Å². The third-order valence-corrected chi connectivity index (χ3v) is 6.26. The maximum absolute atomic E-state index is 13.1.